The normalized spacial score (nSPS) is 25.7. The van der Waals surface area contributed by atoms with Crippen LogP contribution in [-0.2, 0) is 17.7 Å². The summed E-state index contributed by atoms with van der Waals surface area (Å²) in [6.45, 7) is 2.69. The van der Waals surface area contributed by atoms with Crippen molar-refractivity contribution in [2.75, 3.05) is 19.7 Å². The molecule has 0 spiro atoms. The first-order valence-electron chi connectivity index (χ1n) is 9.82. The zero-order valence-corrected chi connectivity index (χ0v) is 16.8. The molecule has 3 aliphatic rings. The predicted octanol–water partition coefficient (Wildman–Crippen LogP) is 4.15. The van der Waals surface area contributed by atoms with E-state index in [4.69, 9.17) is 9.78 Å². The molecule has 1 fully saturated rings. The van der Waals surface area contributed by atoms with Crippen molar-refractivity contribution in [1.29, 1.82) is 0 Å². The molecule has 1 saturated heterocycles. The van der Waals surface area contributed by atoms with Crippen molar-refractivity contribution in [1.82, 2.24) is 4.90 Å². The Balaban J connectivity index is 1.29. The molecule has 0 radical (unpaired) electrons. The zero-order chi connectivity index (χ0) is 18.4. The van der Waals surface area contributed by atoms with Crippen LogP contribution in [-0.4, -0.2) is 35.7 Å². The van der Waals surface area contributed by atoms with Crippen molar-refractivity contribution in [3.05, 3.63) is 63.1 Å². The molecule has 2 aromatic carbocycles. The second-order valence-corrected chi connectivity index (χ2v) is 8.76. The fraction of sp³-hybridized carbons (Fsp3) is 0.455. The van der Waals surface area contributed by atoms with Gasteiger partial charge in [-0.25, -0.2) is 0 Å². The van der Waals surface area contributed by atoms with Crippen LogP contribution in [0.25, 0.3) is 0 Å². The third-order valence-corrected chi connectivity index (χ3v) is 6.91. The first kappa shape index (κ1) is 17.7. The van der Waals surface area contributed by atoms with Gasteiger partial charge in [0.15, 0.2) is 5.75 Å². The Morgan fingerprint density at radius 2 is 1.93 bits per heavy atom. The van der Waals surface area contributed by atoms with E-state index in [1.165, 1.54) is 16.7 Å². The molecule has 2 atom stereocenters. The molecule has 2 heterocycles. The van der Waals surface area contributed by atoms with E-state index in [9.17, 15) is 5.11 Å². The summed E-state index contributed by atoms with van der Waals surface area (Å²) in [6.07, 6.45) is 3.74. The van der Waals surface area contributed by atoms with Crippen LogP contribution in [0.5, 0.6) is 5.75 Å². The number of nitrogens with zero attached hydrogens (tertiary/aromatic N) is 1. The van der Waals surface area contributed by atoms with Gasteiger partial charge >= 0.3 is 0 Å². The summed E-state index contributed by atoms with van der Waals surface area (Å²) in [6, 6.07) is 12.8. The number of fused-ring (bicyclic) bond motifs is 2. The lowest BCUT2D eigenvalue weighted by molar-refractivity contribution is -0.215. The first-order chi connectivity index (χ1) is 13.2. The highest BCUT2D eigenvalue weighted by molar-refractivity contribution is 9.10. The van der Waals surface area contributed by atoms with Crippen LogP contribution in [0.1, 0.15) is 47.1 Å². The standard InChI is InChI=1S/C22H24BrNO3/c23-16-5-4-15-12-20(22(25)19(15)13-16)24-9-6-14(7-10-24)17-2-1-3-21-18(17)8-11-26-27-21/h1-5,13-14,20,22,25H,6-12H2/t20-,22-/m1/s1. The lowest BCUT2D eigenvalue weighted by atomic mass is 9.84. The minimum atomic E-state index is -0.385. The number of hydrogen-bond donors (Lipinski definition) is 1. The highest BCUT2D eigenvalue weighted by Crippen LogP contribution is 2.40. The summed E-state index contributed by atoms with van der Waals surface area (Å²) < 4.78 is 1.04. The number of likely N-dealkylation sites (tertiary alicyclic amines) is 1. The minimum absolute atomic E-state index is 0.205. The Hall–Kier alpha value is -1.40. The highest BCUT2D eigenvalue weighted by Gasteiger charge is 2.37. The maximum Gasteiger partial charge on any atom is 0.168 e. The third-order valence-electron chi connectivity index (χ3n) is 6.41. The Labute approximate surface area is 168 Å². The van der Waals surface area contributed by atoms with E-state index >= 15 is 0 Å². The molecule has 1 N–H and O–H groups in total. The third kappa shape index (κ3) is 3.21. The van der Waals surface area contributed by atoms with E-state index in [0.29, 0.717) is 12.5 Å². The molecule has 142 valence electrons. The van der Waals surface area contributed by atoms with E-state index in [1.807, 2.05) is 6.07 Å². The van der Waals surface area contributed by atoms with Crippen molar-refractivity contribution in [2.45, 2.75) is 43.7 Å². The SMILES string of the molecule is O[C@@H]1c2cc(Br)ccc2C[C@H]1N1CCC(c2cccc3c2CCOO3)CC1. The van der Waals surface area contributed by atoms with Crippen LogP contribution in [0.3, 0.4) is 0 Å². The Kier molecular flexibility index (Phi) is 4.72. The summed E-state index contributed by atoms with van der Waals surface area (Å²) in [5, 5.41) is 10.9. The average Bonchev–Trinajstić information content (AvgIpc) is 3.04. The smallest absolute Gasteiger partial charge is 0.168 e. The topological polar surface area (TPSA) is 41.9 Å². The number of aliphatic hydroxyl groups excluding tert-OH is 1. The molecule has 0 aromatic heterocycles. The second-order valence-electron chi connectivity index (χ2n) is 7.85. The average molecular weight is 430 g/mol. The number of rotatable bonds is 2. The molecule has 4 nitrogen and oxygen atoms in total. The van der Waals surface area contributed by atoms with E-state index in [2.05, 4.69) is 51.2 Å². The van der Waals surface area contributed by atoms with E-state index in [1.54, 1.807) is 0 Å². The number of hydrogen-bond acceptors (Lipinski definition) is 4. The molecular weight excluding hydrogens is 406 g/mol. The highest BCUT2D eigenvalue weighted by atomic mass is 79.9. The van der Waals surface area contributed by atoms with E-state index in [-0.39, 0.29) is 12.1 Å². The summed E-state index contributed by atoms with van der Waals surface area (Å²) in [4.78, 5) is 13.0. The van der Waals surface area contributed by atoms with Gasteiger partial charge in [-0.3, -0.25) is 4.90 Å². The molecule has 5 heteroatoms. The van der Waals surface area contributed by atoms with Crippen LogP contribution >= 0.6 is 15.9 Å². The van der Waals surface area contributed by atoms with Crippen molar-refractivity contribution < 1.29 is 14.9 Å². The molecular formula is C22H24BrNO3. The Morgan fingerprint density at radius 1 is 1.07 bits per heavy atom. The molecule has 1 aliphatic carbocycles. The van der Waals surface area contributed by atoms with Gasteiger partial charge in [-0.2, -0.15) is 4.89 Å². The van der Waals surface area contributed by atoms with Crippen molar-refractivity contribution >= 4 is 15.9 Å². The van der Waals surface area contributed by atoms with Crippen LogP contribution in [0.4, 0.5) is 0 Å². The van der Waals surface area contributed by atoms with E-state index in [0.717, 1.165) is 54.6 Å². The lowest BCUT2D eigenvalue weighted by Gasteiger charge is -2.38. The predicted molar refractivity (Wildman–Crippen MR) is 107 cm³/mol. The van der Waals surface area contributed by atoms with E-state index < -0.39 is 0 Å². The van der Waals surface area contributed by atoms with Gasteiger partial charge in [-0.15, -0.1) is 0 Å². The van der Waals surface area contributed by atoms with Crippen LogP contribution in [0, 0.1) is 0 Å². The fourth-order valence-electron chi connectivity index (χ4n) is 5.00. The van der Waals surface area contributed by atoms with Gasteiger partial charge in [0.1, 0.15) is 0 Å². The quantitative estimate of drug-likeness (QED) is 0.727. The maximum absolute atomic E-state index is 10.9. The molecule has 0 amide bonds. The van der Waals surface area contributed by atoms with Crippen LogP contribution in [0.15, 0.2) is 40.9 Å². The summed E-state index contributed by atoms with van der Waals surface area (Å²) in [5.41, 5.74) is 5.12. The largest absolute Gasteiger partial charge is 0.387 e. The second kappa shape index (κ2) is 7.21. The van der Waals surface area contributed by atoms with Gasteiger partial charge in [0.05, 0.1) is 12.7 Å². The van der Waals surface area contributed by atoms with Gasteiger partial charge in [0, 0.05) is 22.5 Å². The Bertz CT molecular complexity index is 847. The van der Waals surface area contributed by atoms with Gasteiger partial charge in [0.25, 0.3) is 0 Å². The van der Waals surface area contributed by atoms with Crippen molar-refractivity contribution in [2.24, 2.45) is 0 Å². The molecule has 2 aliphatic heterocycles. The zero-order valence-electron chi connectivity index (χ0n) is 15.2. The van der Waals surface area contributed by atoms with Crippen LogP contribution < -0.4 is 4.89 Å². The molecule has 2 aromatic rings. The number of halogens is 1. The monoisotopic (exact) mass is 429 g/mol. The summed E-state index contributed by atoms with van der Waals surface area (Å²) >= 11 is 3.53. The Morgan fingerprint density at radius 3 is 2.78 bits per heavy atom. The number of piperidine rings is 1. The number of aliphatic hydroxyl groups is 1. The van der Waals surface area contributed by atoms with Gasteiger partial charge in [0.2, 0.25) is 0 Å². The molecule has 0 bridgehead atoms. The lowest BCUT2D eigenvalue weighted by Crippen LogP contribution is -2.43. The van der Waals surface area contributed by atoms with Crippen molar-refractivity contribution in [3.8, 4) is 5.75 Å². The molecule has 0 saturated carbocycles. The molecule has 0 unspecified atom stereocenters. The summed E-state index contributed by atoms with van der Waals surface area (Å²) in [5.74, 6) is 1.45. The maximum atomic E-state index is 10.9. The molecule has 27 heavy (non-hydrogen) atoms. The van der Waals surface area contributed by atoms with Gasteiger partial charge in [-0.1, -0.05) is 34.1 Å². The van der Waals surface area contributed by atoms with Gasteiger partial charge < -0.3 is 9.99 Å². The van der Waals surface area contributed by atoms with Gasteiger partial charge in [-0.05, 0) is 73.2 Å². The molecule has 5 rings (SSSR count). The minimum Gasteiger partial charge on any atom is -0.387 e. The summed E-state index contributed by atoms with van der Waals surface area (Å²) in [7, 11) is 0. The van der Waals surface area contributed by atoms with Crippen molar-refractivity contribution in [3.63, 3.8) is 0 Å². The number of benzene rings is 2. The first-order valence-corrected chi connectivity index (χ1v) is 10.6. The fourth-order valence-corrected chi connectivity index (χ4v) is 5.38. The van der Waals surface area contributed by atoms with Crippen LogP contribution in [0.2, 0.25) is 0 Å².